The summed E-state index contributed by atoms with van der Waals surface area (Å²) in [5.74, 6) is 7.01. The SMILES string of the molecule is COc1cc(CN)cc(Cl)c1OCC#Cc1ccccc1. The van der Waals surface area contributed by atoms with E-state index < -0.39 is 0 Å². The van der Waals surface area contributed by atoms with Crippen molar-refractivity contribution in [3.05, 3.63) is 58.6 Å². The number of hydrogen-bond acceptors (Lipinski definition) is 3. The molecule has 2 aromatic carbocycles. The van der Waals surface area contributed by atoms with Crippen LogP contribution in [0.1, 0.15) is 11.1 Å². The molecular weight excluding hydrogens is 286 g/mol. The van der Waals surface area contributed by atoms with E-state index in [1.54, 1.807) is 13.2 Å². The topological polar surface area (TPSA) is 44.5 Å². The number of methoxy groups -OCH3 is 1. The summed E-state index contributed by atoms with van der Waals surface area (Å²) in [7, 11) is 1.56. The fraction of sp³-hybridized carbons (Fsp3) is 0.176. The highest BCUT2D eigenvalue weighted by molar-refractivity contribution is 6.32. The van der Waals surface area contributed by atoms with Gasteiger partial charge < -0.3 is 15.2 Å². The van der Waals surface area contributed by atoms with Gasteiger partial charge in [-0.25, -0.2) is 0 Å². The monoisotopic (exact) mass is 301 g/mol. The highest BCUT2D eigenvalue weighted by atomic mass is 35.5. The molecule has 0 heterocycles. The molecule has 0 bridgehead atoms. The predicted molar refractivity (Wildman–Crippen MR) is 84.7 cm³/mol. The van der Waals surface area contributed by atoms with Crippen LogP contribution in [-0.4, -0.2) is 13.7 Å². The van der Waals surface area contributed by atoms with Gasteiger partial charge in [-0.1, -0.05) is 41.6 Å². The zero-order valence-corrected chi connectivity index (χ0v) is 12.5. The van der Waals surface area contributed by atoms with E-state index in [-0.39, 0.29) is 6.61 Å². The summed E-state index contributed by atoms with van der Waals surface area (Å²) in [6.07, 6.45) is 0. The maximum absolute atomic E-state index is 6.18. The molecule has 21 heavy (non-hydrogen) atoms. The molecule has 0 saturated heterocycles. The number of hydrogen-bond donors (Lipinski definition) is 1. The predicted octanol–water partition coefficient (Wildman–Crippen LogP) is 3.24. The number of ether oxygens (including phenoxy) is 2. The summed E-state index contributed by atoms with van der Waals surface area (Å²) in [5, 5.41) is 0.469. The lowest BCUT2D eigenvalue weighted by Crippen LogP contribution is -2.01. The van der Waals surface area contributed by atoms with Crippen molar-refractivity contribution in [2.45, 2.75) is 6.54 Å². The zero-order valence-electron chi connectivity index (χ0n) is 11.7. The Morgan fingerprint density at radius 1 is 1.19 bits per heavy atom. The summed E-state index contributed by atoms with van der Waals surface area (Å²) in [4.78, 5) is 0. The normalized spacial score (nSPS) is 9.67. The second kappa shape index (κ2) is 7.58. The third-order valence-corrected chi connectivity index (χ3v) is 3.10. The lowest BCUT2D eigenvalue weighted by Gasteiger charge is -2.12. The maximum Gasteiger partial charge on any atom is 0.181 e. The van der Waals surface area contributed by atoms with E-state index in [0.717, 1.165) is 11.1 Å². The molecule has 2 N–H and O–H groups in total. The minimum absolute atomic E-state index is 0.229. The van der Waals surface area contributed by atoms with Gasteiger partial charge in [0, 0.05) is 12.1 Å². The lowest BCUT2D eigenvalue weighted by atomic mass is 10.2. The average molecular weight is 302 g/mol. The Balaban J connectivity index is 2.08. The quantitative estimate of drug-likeness (QED) is 0.882. The molecule has 3 nitrogen and oxygen atoms in total. The Bertz CT molecular complexity index is 660. The van der Waals surface area contributed by atoms with Gasteiger partial charge in [-0.05, 0) is 29.8 Å². The molecule has 0 amide bonds. The Hall–Kier alpha value is -2.15. The Morgan fingerprint density at radius 2 is 1.95 bits per heavy atom. The molecule has 2 aromatic rings. The maximum atomic E-state index is 6.18. The molecular formula is C17H16ClNO2. The van der Waals surface area contributed by atoms with Crippen molar-refractivity contribution in [2.75, 3.05) is 13.7 Å². The van der Waals surface area contributed by atoms with Crippen LogP contribution in [0.2, 0.25) is 5.02 Å². The first-order valence-electron chi connectivity index (χ1n) is 6.47. The molecule has 0 spiro atoms. The molecule has 0 aliphatic heterocycles. The fourth-order valence-electron chi connectivity index (χ4n) is 1.80. The van der Waals surface area contributed by atoms with Crippen LogP contribution in [-0.2, 0) is 6.54 Å². The van der Waals surface area contributed by atoms with Crippen LogP contribution in [0.25, 0.3) is 0 Å². The van der Waals surface area contributed by atoms with Crippen LogP contribution >= 0.6 is 11.6 Å². The number of nitrogens with two attached hydrogens (primary N) is 1. The first kappa shape index (κ1) is 15.2. The minimum atomic E-state index is 0.229. The van der Waals surface area contributed by atoms with Gasteiger partial charge in [-0.15, -0.1) is 0 Å². The van der Waals surface area contributed by atoms with Crippen LogP contribution in [0.4, 0.5) is 0 Å². The minimum Gasteiger partial charge on any atom is -0.493 e. The van der Waals surface area contributed by atoms with Crippen LogP contribution < -0.4 is 15.2 Å². The van der Waals surface area contributed by atoms with Crippen molar-refractivity contribution in [3.8, 4) is 23.3 Å². The van der Waals surface area contributed by atoms with Crippen LogP contribution in [0, 0.1) is 11.8 Å². The van der Waals surface area contributed by atoms with Crippen LogP contribution in [0.15, 0.2) is 42.5 Å². The van der Waals surface area contributed by atoms with Gasteiger partial charge in [0.05, 0.1) is 12.1 Å². The Morgan fingerprint density at radius 3 is 2.62 bits per heavy atom. The summed E-state index contributed by atoms with van der Waals surface area (Å²) in [5.41, 5.74) is 7.43. The molecule has 4 heteroatoms. The fourth-order valence-corrected chi connectivity index (χ4v) is 2.09. The summed E-state index contributed by atoms with van der Waals surface area (Å²) >= 11 is 6.18. The van der Waals surface area contributed by atoms with Gasteiger partial charge >= 0.3 is 0 Å². The van der Waals surface area contributed by atoms with E-state index in [1.807, 2.05) is 36.4 Å². The molecule has 0 saturated carbocycles. The van der Waals surface area contributed by atoms with Crippen molar-refractivity contribution in [1.82, 2.24) is 0 Å². The number of halogens is 1. The van der Waals surface area contributed by atoms with Gasteiger partial charge in [-0.3, -0.25) is 0 Å². The zero-order chi connectivity index (χ0) is 15.1. The van der Waals surface area contributed by atoms with Crippen LogP contribution in [0.5, 0.6) is 11.5 Å². The number of benzene rings is 2. The molecule has 0 atom stereocenters. The van der Waals surface area contributed by atoms with E-state index in [0.29, 0.717) is 23.1 Å². The smallest absolute Gasteiger partial charge is 0.181 e. The second-order valence-corrected chi connectivity index (χ2v) is 4.68. The van der Waals surface area contributed by atoms with E-state index in [9.17, 15) is 0 Å². The van der Waals surface area contributed by atoms with Crippen molar-refractivity contribution in [1.29, 1.82) is 0 Å². The number of rotatable bonds is 4. The first-order chi connectivity index (χ1) is 10.2. The molecule has 0 aromatic heterocycles. The largest absolute Gasteiger partial charge is 0.493 e. The van der Waals surface area contributed by atoms with Crippen molar-refractivity contribution in [2.24, 2.45) is 5.73 Å². The van der Waals surface area contributed by atoms with E-state index in [4.69, 9.17) is 26.8 Å². The van der Waals surface area contributed by atoms with Crippen molar-refractivity contribution < 1.29 is 9.47 Å². The van der Waals surface area contributed by atoms with Gasteiger partial charge in [0.15, 0.2) is 11.5 Å². The molecule has 2 rings (SSSR count). The first-order valence-corrected chi connectivity index (χ1v) is 6.85. The van der Waals surface area contributed by atoms with E-state index in [1.165, 1.54) is 0 Å². The van der Waals surface area contributed by atoms with E-state index >= 15 is 0 Å². The average Bonchev–Trinajstić information content (AvgIpc) is 2.53. The summed E-state index contributed by atoms with van der Waals surface area (Å²) in [6, 6.07) is 13.3. The summed E-state index contributed by atoms with van der Waals surface area (Å²) in [6.45, 7) is 0.622. The molecule has 108 valence electrons. The lowest BCUT2D eigenvalue weighted by molar-refractivity contribution is 0.331. The highest BCUT2D eigenvalue weighted by Gasteiger charge is 2.11. The Labute approximate surface area is 129 Å². The third kappa shape index (κ3) is 4.16. The molecule has 0 unspecified atom stereocenters. The molecule has 0 fully saturated rings. The Kier molecular flexibility index (Phi) is 5.51. The molecule has 0 radical (unpaired) electrons. The van der Waals surface area contributed by atoms with E-state index in [2.05, 4.69) is 11.8 Å². The van der Waals surface area contributed by atoms with Crippen molar-refractivity contribution in [3.63, 3.8) is 0 Å². The van der Waals surface area contributed by atoms with Crippen molar-refractivity contribution >= 4 is 11.6 Å². The second-order valence-electron chi connectivity index (χ2n) is 4.27. The van der Waals surface area contributed by atoms with Crippen LogP contribution in [0.3, 0.4) is 0 Å². The highest BCUT2D eigenvalue weighted by Crippen LogP contribution is 2.36. The van der Waals surface area contributed by atoms with Gasteiger partial charge in [-0.2, -0.15) is 0 Å². The van der Waals surface area contributed by atoms with Gasteiger partial charge in [0.1, 0.15) is 6.61 Å². The molecule has 0 aliphatic carbocycles. The molecule has 0 aliphatic rings. The third-order valence-electron chi connectivity index (χ3n) is 2.82. The van der Waals surface area contributed by atoms with Gasteiger partial charge in [0.25, 0.3) is 0 Å². The summed E-state index contributed by atoms with van der Waals surface area (Å²) < 4.78 is 10.9. The van der Waals surface area contributed by atoms with Gasteiger partial charge in [0.2, 0.25) is 0 Å². The standard InChI is InChI=1S/C17H16ClNO2/c1-20-16-11-14(12-19)10-15(18)17(16)21-9-5-8-13-6-3-2-4-7-13/h2-4,6-7,10-11H,9,12,19H2,1H3.